The number of pyridine rings is 1. The van der Waals surface area contributed by atoms with E-state index < -0.39 is 0 Å². The number of aromatic nitrogens is 1. The van der Waals surface area contributed by atoms with E-state index in [0.29, 0.717) is 0 Å². The maximum atomic E-state index is 4.36. The summed E-state index contributed by atoms with van der Waals surface area (Å²) in [6.07, 6.45) is 4.54. The number of benzene rings is 1. The Morgan fingerprint density at radius 3 is 3.12 bits per heavy atom. The van der Waals surface area contributed by atoms with Gasteiger partial charge in [0, 0.05) is 24.2 Å². The molecular formula is C15H18N2. The van der Waals surface area contributed by atoms with Crippen LogP contribution in [-0.2, 0) is 6.54 Å². The van der Waals surface area contributed by atoms with Crippen molar-refractivity contribution in [3.05, 3.63) is 42.1 Å². The molecule has 1 aliphatic rings. The number of likely N-dealkylation sites (tertiary alicyclic amines) is 1. The molecule has 17 heavy (non-hydrogen) atoms. The van der Waals surface area contributed by atoms with Crippen LogP contribution in [-0.4, -0.2) is 22.5 Å². The normalized spacial score (nSPS) is 21.1. The maximum absolute atomic E-state index is 4.36. The van der Waals surface area contributed by atoms with E-state index in [2.05, 4.69) is 41.1 Å². The Hall–Kier alpha value is -1.41. The van der Waals surface area contributed by atoms with Crippen LogP contribution in [0.4, 0.5) is 0 Å². The molecule has 1 aromatic carbocycles. The van der Waals surface area contributed by atoms with E-state index >= 15 is 0 Å². The highest BCUT2D eigenvalue weighted by molar-refractivity contribution is 5.78. The highest BCUT2D eigenvalue weighted by atomic mass is 15.2. The summed E-state index contributed by atoms with van der Waals surface area (Å²) >= 11 is 0. The minimum Gasteiger partial charge on any atom is -0.296 e. The highest BCUT2D eigenvalue weighted by Gasteiger charge is 2.19. The fraction of sp³-hybridized carbons (Fsp3) is 0.400. The van der Waals surface area contributed by atoms with Crippen molar-refractivity contribution in [2.45, 2.75) is 32.4 Å². The molecule has 0 radical (unpaired) electrons. The minimum absolute atomic E-state index is 0.736. The predicted octanol–water partition coefficient (Wildman–Crippen LogP) is 3.22. The minimum atomic E-state index is 0.736. The third-order valence-electron chi connectivity index (χ3n) is 3.74. The standard InChI is InChI=1S/C15H18N2/c1-12-4-3-9-17(12)11-13-6-7-15-14(10-13)5-2-8-16-15/h2,5-8,10,12H,3-4,9,11H2,1H3. The highest BCUT2D eigenvalue weighted by Crippen LogP contribution is 2.21. The Morgan fingerprint density at radius 2 is 2.29 bits per heavy atom. The fourth-order valence-corrected chi connectivity index (χ4v) is 2.69. The second kappa shape index (κ2) is 4.46. The first kappa shape index (κ1) is 10.7. The van der Waals surface area contributed by atoms with Crippen molar-refractivity contribution in [2.75, 3.05) is 6.54 Å². The smallest absolute Gasteiger partial charge is 0.0702 e. The molecule has 0 spiro atoms. The number of fused-ring (bicyclic) bond motifs is 1. The number of nitrogens with zero attached hydrogens (tertiary/aromatic N) is 2. The van der Waals surface area contributed by atoms with Gasteiger partial charge < -0.3 is 0 Å². The lowest BCUT2D eigenvalue weighted by atomic mass is 10.1. The van der Waals surface area contributed by atoms with E-state index in [1.807, 2.05) is 12.3 Å². The van der Waals surface area contributed by atoms with Crippen molar-refractivity contribution in [3.8, 4) is 0 Å². The Labute approximate surface area is 102 Å². The molecule has 2 nitrogen and oxygen atoms in total. The van der Waals surface area contributed by atoms with Crippen LogP contribution < -0.4 is 0 Å². The molecule has 88 valence electrons. The lowest BCUT2D eigenvalue weighted by molar-refractivity contribution is 0.260. The molecule has 2 heterocycles. The van der Waals surface area contributed by atoms with Gasteiger partial charge in [-0.25, -0.2) is 0 Å². The first-order valence-electron chi connectivity index (χ1n) is 6.40. The molecule has 1 aliphatic heterocycles. The summed E-state index contributed by atoms with van der Waals surface area (Å²) < 4.78 is 0. The summed E-state index contributed by atoms with van der Waals surface area (Å²) in [4.78, 5) is 6.92. The SMILES string of the molecule is CC1CCCN1Cc1ccc2ncccc2c1. The first-order chi connectivity index (χ1) is 8.33. The van der Waals surface area contributed by atoms with Gasteiger partial charge in [0.05, 0.1) is 5.52 Å². The molecule has 3 rings (SSSR count). The topological polar surface area (TPSA) is 16.1 Å². The molecule has 1 unspecified atom stereocenters. The average Bonchev–Trinajstić information content (AvgIpc) is 2.75. The maximum Gasteiger partial charge on any atom is 0.0702 e. The van der Waals surface area contributed by atoms with Crippen LogP contribution in [0.2, 0.25) is 0 Å². The summed E-state index contributed by atoms with van der Waals surface area (Å²) in [7, 11) is 0. The van der Waals surface area contributed by atoms with Crippen LogP contribution in [0.25, 0.3) is 10.9 Å². The zero-order valence-corrected chi connectivity index (χ0v) is 10.3. The fourth-order valence-electron chi connectivity index (χ4n) is 2.69. The largest absolute Gasteiger partial charge is 0.296 e. The lowest BCUT2D eigenvalue weighted by Crippen LogP contribution is -2.26. The van der Waals surface area contributed by atoms with E-state index in [-0.39, 0.29) is 0 Å². The van der Waals surface area contributed by atoms with Gasteiger partial charge in [0.15, 0.2) is 0 Å². The van der Waals surface area contributed by atoms with E-state index in [9.17, 15) is 0 Å². The number of hydrogen-bond acceptors (Lipinski definition) is 2. The first-order valence-corrected chi connectivity index (χ1v) is 6.40. The molecule has 0 amide bonds. The molecule has 1 saturated heterocycles. The van der Waals surface area contributed by atoms with Gasteiger partial charge in [0.25, 0.3) is 0 Å². The third kappa shape index (κ3) is 2.18. The Balaban J connectivity index is 1.85. The molecule has 1 atom stereocenters. The molecule has 2 heteroatoms. The Morgan fingerprint density at radius 1 is 1.35 bits per heavy atom. The molecule has 2 aromatic rings. The second-order valence-electron chi connectivity index (χ2n) is 4.99. The van der Waals surface area contributed by atoms with Crippen molar-refractivity contribution in [1.29, 1.82) is 0 Å². The molecule has 1 aromatic heterocycles. The summed E-state index contributed by atoms with van der Waals surface area (Å²) in [6, 6.07) is 11.5. The van der Waals surface area contributed by atoms with Crippen molar-refractivity contribution in [3.63, 3.8) is 0 Å². The van der Waals surface area contributed by atoms with Gasteiger partial charge in [0.2, 0.25) is 0 Å². The van der Waals surface area contributed by atoms with E-state index in [1.54, 1.807) is 0 Å². The van der Waals surface area contributed by atoms with Crippen molar-refractivity contribution < 1.29 is 0 Å². The van der Waals surface area contributed by atoms with Crippen molar-refractivity contribution in [1.82, 2.24) is 9.88 Å². The summed E-state index contributed by atoms with van der Waals surface area (Å²) in [5, 5.41) is 1.25. The van der Waals surface area contributed by atoms with Crippen LogP contribution in [0.3, 0.4) is 0 Å². The third-order valence-corrected chi connectivity index (χ3v) is 3.74. The lowest BCUT2D eigenvalue weighted by Gasteiger charge is -2.21. The molecule has 1 fully saturated rings. The van der Waals surface area contributed by atoms with E-state index in [1.165, 1.54) is 30.3 Å². The van der Waals surface area contributed by atoms with Crippen molar-refractivity contribution >= 4 is 10.9 Å². The van der Waals surface area contributed by atoms with Gasteiger partial charge in [-0.05, 0) is 50.1 Å². The van der Waals surface area contributed by atoms with Gasteiger partial charge in [-0.3, -0.25) is 9.88 Å². The Bertz CT molecular complexity index is 521. The molecule has 0 saturated carbocycles. The van der Waals surface area contributed by atoms with Gasteiger partial charge in [-0.15, -0.1) is 0 Å². The van der Waals surface area contributed by atoms with E-state index in [4.69, 9.17) is 0 Å². The van der Waals surface area contributed by atoms with Crippen LogP contribution in [0, 0.1) is 0 Å². The summed E-state index contributed by atoms with van der Waals surface area (Å²) in [5.74, 6) is 0. The quantitative estimate of drug-likeness (QED) is 0.781. The monoisotopic (exact) mass is 226 g/mol. The second-order valence-corrected chi connectivity index (χ2v) is 4.99. The average molecular weight is 226 g/mol. The molecular weight excluding hydrogens is 208 g/mol. The summed E-state index contributed by atoms with van der Waals surface area (Å²) in [5.41, 5.74) is 2.49. The van der Waals surface area contributed by atoms with Gasteiger partial charge >= 0.3 is 0 Å². The molecule has 0 N–H and O–H groups in total. The zero-order chi connectivity index (χ0) is 11.7. The molecule has 0 bridgehead atoms. The van der Waals surface area contributed by atoms with Crippen LogP contribution in [0.1, 0.15) is 25.3 Å². The molecule has 0 aliphatic carbocycles. The summed E-state index contributed by atoms with van der Waals surface area (Å²) in [6.45, 7) is 4.65. The van der Waals surface area contributed by atoms with Crippen molar-refractivity contribution in [2.24, 2.45) is 0 Å². The Kier molecular flexibility index (Phi) is 2.81. The van der Waals surface area contributed by atoms with Crippen LogP contribution >= 0.6 is 0 Å². The van der Waals surface area contributed by atoms with Gasteiger partial charge in [-0.1, -0.05) is 12.1 Å². The van der Waals surface area contributed by atoms with Crippen LogP contribution in [0.15, 0.2) is 36.5 Å². The van der Waals surface area contributed by atoms with E-state index in [0.717, 1.165) is 18.1 Å². The number of rotatable bonds is 2. The number of hydrogen-bond donors (Lipinski definition) is 0. The van der Waals surface area contributed by atoms with Crippen LogP contribution in [0.5, 0.6) is 0 Å². The van der Waals surface area contributed by atoms with Gasteiger partial charge in [-0.2, -0.15) is 0 Å². The zero-order valence-electron chi connectivity index (χ0n) is 10.3. The predicted molar refractivity (Wildman–Crippen MR) is 70.8 cm³/mol. The van der Waals surface area contributed by atoms with Gasteiger partial charge in [0.1, 0.15) is 0 Å².